The highest BCUT2D eigenvalue weighted by molar-refractivity contribution is 5.60. The van der Waals surface area contributed by atoms with E-state index >= 15 is 0 Å². The summed E-state index contributed by atoms with van der Waals surface area (Å²) in [5.74, 6) is 0.855. The van der Waals surface area contributed by atoms with Crippen molar-refractivity contribution in [1.82, 2.24) is 10.2 Å². The van der Waals surface area contributed by atoms with E-state index in [0.29, 0.717) is 0 Å². The molecule has 3 rings (SSSR count). The van der Waals surface area contributed by atoms with E-state index in [4.69, 9.17) is 4.74 Å². The number of benzene rings is 2. The topological polar surface area (TPSA) is 37.9 Å². The maximum absolute atomic E-state index is 5.16. The minimum Gasteiger partial charge on any atom is -0.497 e. The molecule has 1 aromatic heterocycles. The third kappa shape index (κ3) is 2.72. The lowest BCUT2D eigenvalue weighted by atomic mass is 10.1. The van der Waals surface area contributed by atoms with Gasteiger partial charge in [0, 0.05) is 17.7 Å². The van der Waals surface area contributed by atoms with Crippen LogP contribution in [0.2, 0.25) is 0 Å². The number of hydrogen-bond acceptors (Lipinski definition) is 2. The molecule has 0 aliphatic carbocycles. The first-order chi connectivity index (χ1) is 9.85. The molecule has 0 aliphatic heterocycles. The van der Waals surface area contributed by atoms with Gasteiger partial charge in [0.15, 0.2) is 0 Å². The van der Waals surface area contributed by atoms with Crippen molar-refractivity contribution in [3.63, 3.8) is 0 Å². The summed E-state index contributed by atoms with van der Waals surface area (Å²) in [6.07, 6.45) is 0.865. The molecule has 20 heavy (non-hydrogen) atoms. The summed E-state index contributed by atoms with van der Waals surface area (Å²) in [5.41, 5.74) is 4.43. The van der Waals surface area contributed by atoms with Crippen LogP contribution >= 0.6 is 0 Å². The van der Waals surface area contributed by atoms with Crippen molar-refractivity contribution in [3.05, 3.63) is 71.9 Å². The van der Waals surface area contributed by atoms with Gasteiger partial charge in [0.25, 0.3) is 0 Å². The van der Waals surface area contributed by atoms with Crippen molar-refractivity contribution in [1.29, 1.82) is 0 Å². The lowest BCUT2D eigenvalue weighted by Gasteiger charge is -2.00. The number of rotatable bonds is 4. The third-order valence-corrected chi connectivity index (χ3v) is 3.25. The maximum atomic E-state index is 5.16. The summed E-state index contributed by atoms with van der Waals surface area (Å²) in [4.78, 5) is 0. The molecule has 0 radical (unpaired) electrons. The summed E-state index contributed by atoms with van der Waals surface area (Å²) in [7, 11) is 1.67. The molecule has 0 spiro atoms. The molecule has 3 heteroatoms. The number of aromatic amines is 1. The molecule has 0 saturated heterocycles. The first kappa shape index (κ1) is 12.5. The van der Waals surface area contributed by atoms with Crippen molar-refractivity contribution >= 4 is 0 Å². The van der Waals surface area contributed by atoms with Gasteiger partial charge in [-0.25, -0.2) is 0 Å². The first-order valence-electron chi connectivity index (χ1n) is 6.58. The number of hydrogen-bond donors (Lipinski definition) is 1. The van der Waals surface area contributed by atoms with E-state index in [0.717, 1.165) is 29.1 Å². The van der Waals surface area contributed by atoms with Crippen LogP contribution in [0, 0.1) is 0 Å². The Morgan fingerprint density at radius 3 is 2.45 bits per heavy atom. The summed E-state index contributed by atoms with van der Waals surface area (Å²) in [6, 6.07) is 20.4. The highest BCUT2D eigenvalue weighted by atomic mass is 16.5. The minimum absolute atomic E-state index is 0.855. The van der Waals surface area contributed by atoms with Gasteiger partial charge in [-0.2, -0.15) is 5.10 Å². The third-order valence-electron chi connectivity index (χ3n) is 3.25. The van der Waals surface area contributed by atoms with Crippen LogP contribution in [0.1, 0.15) is 11.3 Å². The summed E-state index contributed by atoms with van der Waals surface area (Å²) in [6.45, 7) is 0. The molecular weight excluding hydrogens is 248 g/mol. The molecule has 0 aliphatic rings. The number of nitrogens with zero attached hydrogens (tertiary/aromatic N) is 1. The lowest BCUT2D eigenvalue weighted by Crippen LogP contribution is -1.87. The van der Waals surface area contributed by atoms with Crippen LogP contribution in [0.25, 0.3) is 11.3 Å². The molecule has 0 fully saturated rings. The molecule has 0 atom stereocenters. The summed E-state index contributed by atoms with van der Waals surface area (Å²) in [5, 5.41) is 7.47. The number of ether oxygens (including phenoxy) is 1. The highest BCUT2D eigenvalue weighted by Crippen LogP contribution is 2.21. The zero-order valence-corrected chi connectivity index (χ0v) is 11.3. The van der Waals surface area contributed by atoms with Gasteiger partial charge in [-0.05, 0) is 35.9 Å². The van der Waals surface area contributed by atoms with Crippen molar-refractivity contribution in [2.75, 3.05) is 7.11 Å². The second kappa shape index (κ2) is 5.61. The Hall–Kier alpha value is -2.55. The normalized spacial score (nSPS) is 10.4. The van der Waals surface area contributed by atoms with E-state index in [1.54, 1.807) is 7.11 Å². The monoisotopic (exact) mass is 264 g/mol. The van der Waals surface area contributed by atoms with Gasteiger partial charge in [-0.3, -0.25) is 5.10 Å². The van der Waals surface area contributed by atoms with Gasteiger partial charge in [-0.1, -0.05) is 30.3 Å². The van der Waals surface area contributed by atoms with Crippen molar-refractivity contribution in [2.24, 2.45) is 0 Å². The quantitative estimate of drug-likeness (QED) is 0.780. The average Bonchev–Trinajstić information content (AvgIpc) is 2.97. The lowest BCUT2D eigenvalue weighted by molar-refractivity contribution is 0.415. The van der Waals surface area contributed by atoms with Gasteiger partial charge in [-0.15, -0.1) is 0 Å². The van der Waals surface area contributed by atoms with Gasteiger partial charge < -0.3 is 4.74 Å². The second-order valence-electron chi connectivity index (χ2n) is 4.67. The number of nitrogens with one attached hydrogen (secondary N) is 1. The van der Waals surface area contributed by atoms with E-state index in [1.165, 1.54) is 5.56 Å². The molecule has 3 nitrogen and oxygen atoms in total. The Balaban J connectivity index is 1.79. The van der Waals surface area contributed by atoms with Crippen LogP contribution in [0.15, 0.2) is 60.7 Å². The van der Waals surface area contributed by atoms with Gasteiger partial charge in [0.05, 0.1) is 12.8 Å². The molecule has 3 aromatic rings. The Labute approximate surface area is 118 Å². The molecule has 0 bridgehead atoms. The van der Waals surface area contributed by atoms with E-state index in [1.807, 2.05) is 30.3 Å². The van der Waals surface area contributed by atoms with E-state index in [2.05, 4.69) is 40.5 Å². The molecule has 100 valence electrons. The summed E-state index contributed by atoms with van der Waals surface area (Å²) < 4.78 is 5.16. The average molecular weight is 264 g/mol. The number of aromatic nitrogens is 2. The van der Waals surface area contributed by atoms with Crippen LogP contribution in [-0.4, -0.2) is 17.3 Å². The Morgan fingerprint density at radius 2 is 1.75 bits per heavy atom. The zero-order chi connectivity index (χ0) is 13.8. The van der Waals surface area contributed by atoms with E-state index in [-0.39, 0.29) is 0 Å². The van der Waals surface area contributed by atoms with Crippen molar-refractivity contribution < 1.29 is 4.74 Å². The smallest absolute Gasteiger partial charge is 0.118 e. The Morgan fingerprint density at radius 1 is 1.00 bits per heavy atom. The van der Waals surface area contributed by atoms with Crippen LogP contribution in [0.4, 0.5) is 0 Å². The van der Waals surface area contributed by atoms with Gasteiger partial charge in [0.2, 0.25) is 0 Å². The standard InChI is InChI=1S/C17H16N2O/c1-20-16-9-7-14(8-10-16)17-12-15(18-19-17)11-13-5-3-2-4-6-13/h2-10,12H,11H2,1H3,(H,18,19). The molecule has 1 N–H and O–H groups in total. The fourth-order valence-electron chi connectivity index (χ4n) is 2.18. The first-order valence-corrected chi connectivity index (χ1v) is 6.58. The van der Waals surface area contributed by atoms with Crippen molar-refractivity contribution in [2.45, 2.75) is 6.42 Å². The molecule has 2 aromatic carbocycles. The predicted molar refractivity (Wildman–Crippen MR) is 79.8 cm³/mol. The van der Waals surface area contributed by atoms with Crippen LogP contribution in [0.3, 0.4) is 0 Å². The summed E-state index contributed by atoms with van der Waals surface area (Å²) >= 11 is 0. The SMILES string of the molecule is COc1ccc(-c2cc(Cc3ccccc3)[nH]n2)cc1. The molecule has 1 heterocycles. The Kier molecular flexibility index (Phi) is 3.50. The van der Waals surface area contributed by atoms with Crippen molar-refractivity contribution in [3.8, 4) is 17.0 Å². The second-order valence-corrected chi connectivity index (χ2v) is 4.67. The maximum Gasteiger partial charge on any atom is 0.118 e. The fraction of sp³-hybridized carbons (Fsp3) is 0.118. The molecule has 0 unspecified atom stereocenters. The minimum atomic E-state index is 0.855. The van der Waals surface area contributed by atoms with Gasteiger partial charge >= 0.3 is 0 Å². The van der Waals surface area contributed by atoms with Crippen LogP contribution in [-0.2, 0) is 6.42 Å². The molecule has 0 saturated carbocycles. The fourth-order valence-corrected chi connectivity index (χ4v) is 2.18. The largest absolute Gasteiger partial charge is 0.497 e. The highest BCUT2D eigenvalue weighted by Gasteiger charge is 2.05. The molecule has 0 amide bonds. The van der Waals surface area contributed by atoms with Gasteiger partial charge in [0.1, 0.15) is 5.75 Å². The van der Waals surface area contributed by atoms with Crippen LogP contribution < -0.4 is 4.74 Å². The predicted octanol–water partition coefficient (Wildman–Crippen LogP) is 3.68. The van der Waals surface area contributed by atoms with Crippen LogP contribution in [0.5, 0.6) is 5.75 Å². The number of H-pyrrole nitrogens is 1. The number of methoxy groups -OCH3 is 1. The Bertz CT molecular complexity index is 672. The molecular formula is C17H16N2O. The van der Waals surface area contributed by atoms with E-state index < -0.39 is 0 Å². The zero-order valence-electron chi connectivity index (χ0n) is 11.3. The van der Waals surface area contributed by atoms with E-state index in [9.17, 15) is 0 Å².